The van der Waals surface area contributed by atoms with E-state index < -0.39 is 0 Å². The van der Waals surface area contributed by atoms with E-state index in [0.29, 0.717) is 0 Å². The molecule has 0 bridgehead atoms. The summed E-state index contributed by atoms with van der Waals surface area (Å²) in [5, 5.41) is 2.19. The van der Waals surface area contributed by atoms with Crippen LogP contribution in [0.2, 0.25) is 0 Å². The van der Waals surface area contributed by atoms with Crippen molar-refractivity contribution in [3.8, 4) is 0 Å². The molecule has 1 fully saturated rings. The van der Waals surface area contributed by atoms with E-state index in [4.69, 9.17) is 0 Å². The van der Waals surface area contributed by atoms with E-state index in [1.165, 1.54) is 12.1 Å². The first-order valence-corrected chi connectivity index (χ1v) is 4.48. The second-order valence-corrected chi connectivity index (χ2v) is 2.34. The van der Waals surface area contributed by atoms with Crippen LogP contribution in [-0.2, 0) is 0 Å². The predicted molar refractivity (Wildman–Crippen MR) is 50.1 cm³/mol. The van der Waals surface area contributed by atoms with E-state index in [1.807, 2.05) is 13.8 Å². The molecule has 11 heavy (non-hydrogen) atoms. The topological polar surface area (TPSA) is 15.3 Å². The van der Waals surface area contributed by atoms with Gasteiger partial charge in [0.1, 0.15) is 0 Å². The summed E-state index contributed by atoms with van der Waals surface area (Å²) in [5.74, 6) is 0. The van der Waals surface area contributed by atoms with Crippen LogP contribution in [0, 0.1) is 0 Å². The van der Waals surface area contributed by atoms with Crippen molar-refractivity contribution in [2.75, 3.05) is 13.1 Å². The van der Waals surface area contributed by atoms with Crippen LogP contribution < -0.4 is 5.43 Å². The van der Waals surface area contributed by atoms with E-state index in [2.05, 4.69) is 30.4 Å². The SMILES string of the molecule is C/C=C(\C)N1CCCN1.CC. The molecule has 1 aliphatic rings. The monoisotopic (exact) mass is 156 g/mol. The number of nitrogens with zero attached hydrogens (tertiary/aromatic N) is 1. The highest BCUT2D eigenvalue weighted by Crippen LogP contribution is 2.04. The highest BCUT2D eigenvalue weighted by Gasteiger charge is 2.08. The first-order chi connectivity index (χ1) is 5.34. The molecule has 1 heterocycles. The van der Waals surface area contributed by atoms with Gasteiger partial charge in [-0.2, -0.15) is 0 Å². The van der Waals surface area contributed by atoms with E-state index in [1.54, 1.807) is 0 Å². The van der Waals surface area contributed by atoms with Crippen molar-refractivity contribution in [1.82, 2.24) is 10.4 Å². The zero-order valence-electron chi connectivity index (χ0n) is 8.15. The first-order valence-electron chi connectivity index (χ1n) is 4.48. The standard InChI is InChI=1S/C7H14N2.C2H6/c1-3-7(2)9-6-4-5-8-9;1-2/h3,8H,4-6H2,1-2H3;1-2H3/b7-3+;. The highest BCUT2D eigenvalue weighted by molar-refractivity contribution is 4.94. The average molecular weight is 156 g/mol. The molecule has 0 saturated carbocycles. The van der Waals surface area contributed by atoms with Crippen LogP contribution in [0.1, 0.15) is 34.1 Å². The quantitative estimate of drug-likeness (QED) is 0.625. The minimum absolute atomic E-state index is 1.13. The van der Waals surface area contributed by atoms with Crippen LogP contribution >= 0.6 is 0 Å². The van der Waals surface area contributed by atoms with Crippen LogP contribution in [-0.4, -0.2) is 18.1 Å². The van der Waals surface area contributed by atoms with Gasteiger partial charge in [-0.1, -0.05) is 19.9 Å². The van der Waals surface area contributed by atoms with Gasteiger partial charge in [-0.15, -0.1) is 0 Å². The molecule has 1 aliphatic heterocycles. The Balaban J connectivity index is 0.000000461. The Morgan fingerprint density at radius 3 is 2.45 bits per heavy atom. The van der Waals surface area contributed by atoms with Crippen molar-refractivity contribution >= 4 is 0 Å². The average Bonchev–Trinajstić information content (AvgIpc) is 2.59. The maximum atomic E-state index is 3.27. The molecule has 0 atom stereocenters. The maximum absolute atomic E-state index is 3.27. The molecule has 2 nitrogen and oxygen atoms in total. The fourth-order valence-electron chi connectivity index (χ4n) is 0.987. The molecule has 66 valence electrons. The number of rotatable bonds is 1. The Morgan fingerprint density at radius 2 is 2.09 bits per heavy atom. The van der Waals surface area contributed by atoms with Gasteiger partial charge in [0.2, 0.25) is 0 Å². The lowest BCUT2D eigenvalue weighted by molar-refractivity contribution is 0.326. The lowest BCUT2D eigenvalue weighted by Crippen LogP contribution is -2.28. The Kier molecular flexibility index (Phi) is 5.94. The Hall–Kier alpha value is -0.500. The van der Waals surface area contributed by atoms with Crippen molar-refractivity contribution in [3.63, 3.8) is 0 Å². The minimum atomic E-state index is 1.13. The number of hydrogen-bond donors (Lipinski definition) is 1. The van der Waals surface area contributed by atoms with Crippen molar-refractivity contribution < 1.29 is 0 Å². The minimum Gasteiger partial charge on any atom is -0.313 e. The van der Waals surface area contributed by atoms with Gasteiger partial charge in [0.15, 0.2) is 0 Å². The molecule has 0 radical (unpaired) electrons. The van der Waals surface area contributed by atoms with E-state index in [-0.39, 0.29) is 0 Å². The largest absolute Gasteiger partial charge is 0.313 e. The first kappa shape index (κ1) is 10.5. The fraction of sp³-hybridized carbons (Fsp3) is 0.778. The summed E-state index contributed by atoms with van der Waals surface area (Å²) in [5.41, 5.74) is 4.60. The third-order valence-electron chi connectivity index (χ3n) is 1.70. The molecule has 0 aromatic carbocycles. The number of nitrogens with one attached hydrogen (secondary N) is 1. The summed E-state index contributed by atoms with van der Waals surface area (Å²) in [4.78, 5) is 0. The van der Waals surface area contributed by atoms with Crippen molar-refractivity contribution in [1.29, 1.82) is 0 Å². The molecule has 1 N–H and O–H groups in total. The van der Waals surface area contributed by atoms with Crippen LogP contribution in [0.15, 0.2) is 11.8 Å². The third kappa shape index (κ3) is 3.42. The number of hydrogen-bond acceptors (Lipinski definition) is 2. The molecule has 0 aromatic heterocycles. The third-order valence-corrected chi connectivity index (χ3v) is 1.70. The summed E-state index contributed by atoms with van der Waals surface area (Å²) in [7, 11) is 0. The molecule has 0 spiro atoms. The Bertz CT molecular complexity index is 113. The van der Waals surface area contributed by atoms with Gasteiger partial charge in [-0.25, -0.2) is 5.43 Å². The van der Waals surface area contributed by atoms with Gasteiger partial charge in [0.05, 0.1) is 0 Å². The lowest BCUT2D eigenvalue weighted by Gasteiger charge is -2.17. The van der Waals surface area contributed by atoms with E-state index in [9.17, 15) is 0 Å². The van der Waals surface area contributed by atoms with E-state index in [0.717, 1.165) is 13.1 Å². The molecule has 2 heteroatoms. The molecular formula is C9H20N2. The van der Waals surface area contributed by atoms with Crippen LogP contribution in [0.5, 0.6) is 0 Å². The normalized spacial score (nSPS) is 17.8. The van der Waals surface area contributed by atoms with Crippen molar-refractivity contribution in [3.05, 3.63) is 11.8 Å². The van der Waals surface area contributed by atoms with Gasteiger partial charge in [-0.05, 0) is 20.3 Å². The second kappa shape index (κ2) is 6.23. The number of allylic oxidation sites excluding steroid dienone is 2. The van der Waals surface area contributed by atoms with Gasteiger partial charge < -0.3 is 5.01 Å². The zero-order chi connectivity index (χ0) is 8.69. The summed E-state index contributed by atoms with van der Waals surface area (Å²) in [6.45, 7) is 10.5. The zero-order valence-corrected chi connectivity index (χ0v) is 8.15. The summed E-state index contributed by atoms with van der Waals surface area (Å²) >= 11 is 0. The fourth-order valence-corrected chi connectivity index (χ4v) is 0.987. The van der Waals surface area contributed by atoms with Gasteiger partial charge in [-0.3, -0.25) is 0 Å². The van der Waals surface area contributed by atoms with E-state index >= 15 is 0 Å². The summed E-state index contributed by atoms with van der Waals surface area (Å²) < 4.78 is 0. The maximum Gasteiger partial charge on any atom is 0.0353 e. The molecule has 0 aliphatic carbocycles. The molecule has 0 amide bonds. The number of hydrazine groups is 1. The molecule has 1 saturated heterocycles. The van der Waals surface area contributed by atoms with Crippen LogP contribution in [0.3, 0.4) is 0 Å². The second-order valence-electron chi connectivity index (χ2n) is 2.34. The van der Waals surface area contributed by atoms with Gasteiger partial charge in [0.25, 0.3) is 0 Å². The van der Waals surface area contributed by atoms with Crippen molar-refractivity contribution in [2.45, 2.75) is 34.1 Å². The van der Waals surface area contributed by atoms with Gasteiger partial charge in [0, 0.05) is 18.8 Å². The van der Waals surface area contributed by atoms with Crippen molar-refractivity contribution in [2.24, 2.45) is 0 Å². The molecule has 1 rings (SSSR count). The smallest absolute Gasteiger partial charge is 0.0353 e. The molecular weight excluding hydrogens is 136 g/mol. The van der Waals surface area contributed by atoms with Gasteiger partial charge >= 0.3 is 0 Å². The van der Waals surface area contributed by atoms with Crippen LogP contribution in [0.4, 0.5) is 0 Å². The van der Waals surface area contributed by atoms with Crippen LogP contribution in [0.25, 0.3) is 0 Å². The Morgan fingerprint density at radius 1 is 1.45 bits per heavy atom. The predicted octanol–water partition coefficient (Wildman–Crippen LogP) is 2.15. The molecule has 0 unspecified atom stereocenters. The molecule has 0 aromatic rings. The lowest BCUT2D eigenvalue weighted by atomic mass is 10.4. The highest BCUT2D eigenvalue weighted by atomic mass is 15.5. The summed E-state index contributed by atoms with van der Waals surface area (Å²) in [6.07, 6.45) is 3.39. The Labute approximate surface area is 70.2 Å². The summed E-state index contributed by atoms with van der Waals surface area (Å²) in [6, 6.07) is 0.